The number of hydrogen-bond acceptors (Lipinski definition) is 5. The molecule has 0 aliphatic carbocycles. The highest BCUT2D eigenvalue weighted by Gasteiger charge is 2.31. The third kappa shape index (κ3) is 4.30. The molecule has 0 spiro atoms. The van der Waals surface area contributed by atoms with Crippen molar-refractivity contribution < 1.29 is 14.3 Å². The van der Waals surface area contributed by atoms with Crippen LogP contribution < -0.4 is 4.74 Å². The Labute approximate surface area is 187 Å². The fourth-order valence-corrected chi connectivity index (χ4v) is 4.45. The highest BCUT2D eigenvalue weighted by molar-refractivity contribution is 5.85. The van der Waals surface area contributed by atoms with Gasteiger partial charge in [0, 0.05) is 44.1 Å². The lowest BCUT2D eigenvalue weighted by Gasteiger charge is -2.33. The molecule has 1 atom stereocenters. The molecule has 2 aliphatic rings. The summed E-state index contributed by atoms with van der Waals surface area (Å²) in [5, 5.41) is 9.99. The Balaban J connectivity index is 1.20. The zero-order valence-electron chi connectivity index (χ0n) is 17.9. The van der Waals surface area contributed by atoms with E-state index in [-0.39, 0.29) is 18.1 Å². The Morgan fingerprint density at radius 1 is 1.06 bits per heavy atom. The Morgan fingerprint density at radius 3 is 2.56 bits per heavy atom. The average Bonchev–Trinajstić information content (AvgIpc) is 3.39. The van der Waals surface area contributed by atoms with Gasteiger partial charge in [-0.3, -0.25) is 9.78 Å². The number of piperidine rings is 1. The number of benzene rings is 2. The smallest absolute Gasteiger partial charge is 0.251 e. The topological polar surface area (TPSA) is 75.5 Å². The minimum Gasteiger partial charge on any atom is -0.490 e. The lowest BCUT2D eigenvalue weighted by molar-refractivity contribution is -0.142. The number of carbonyl (C=O) groups excluding carboxylic acids is 1. The van der Waals surface area contributed by atoms with E-state index in [4.69, 9.17) is 14.7 Å². The predicted octanol–water partition coefficient (Wildman–Crippen LogP) is 4.32. The molecule has 0 bridgehead atoms. The first-order valence-corrected chi connectivity index (χ1v) is 11.2. The van der Waals surface area contributed by atoms with Crippen LogP contribution in [0, 0.1) is 11.3 Å². The van der Waals surface area contributed by atoms with Crippen molar-refractivity contribution in [2.45, 2.75) is 37.9 Å². The molecule has 3 aromatic rings. The van der Waals surface area contributed by atoms with Gasteiger partial charge in [-0.05, 0) is 48.2 Å². The molecule has 6 heteroatoms. The number of aromatic nitrogens is 1. The molecule has 5 rings (SSSR count). The van der Waals surface area contributed by atoms with Gasteiger partial charge in [0.2, 0.25) is 0 Å². The molecule has 6 nitrogen and oxygen atoms in total. The van der Waals surface area contributed by atoms with Gasteiger partial charge in [-0.1, -0.05) is 24.3 Å². The molecule has 0 radical (unpaired) electrons. The summed E-state index contributed by atoms with van der Waals surface area (Å²) in [6.45, 7) is 2.14. The highest BCUT2D eigenvalue weighted by Crippen LogP contribution is 2.27. The van der Waals surface area contributed by atoms with E-state index in [0.717, 1.165) is 66.6 Å². The SMILES string of the molecule is N#Cc1cnc2cc(-c3ccc(OC4CCN(C(=O)C5CCCO5)CC4)cc3)ccc2c1. The Morgan fingerprint density at radius 2 is 1.84 bits per heavy atom. The zero-order valence-corrected chi connectivity index (χ0v) is 17.9. The summed E-state index contributed by atoms with van der Waals surface area (Å²) < 4.78 is 11.7. The van der Waals surface area contributed by atoms with Crippen LogP contribution in [0.3, 0.4) is 0 Å². The second kappa shape index (κ2) is 8.97. The number of amides is 1. The fraction of sp³-hybridized carbons (Fsp3) is 0.346. The number of rotatable bonds is 4. The van der Waals surface area contributed by atoms with Crippen molar-refractivity contribution in [3.8, 4) is 22.9 Å². The Kier molecular flexibility index (Phi) is 5.74. The van der Waals surface area contributed by atoms with E-state index in [0.29, 0.717) is 12.2 Å². The van der Waals surface area contributed by atoms with Crippen LogP contribution >= 0.6 is 0 Å². The maximum absolute atomic E-state index is 12.5. The van der Waals surface area contributed by atoms with Crippen molar-refractivity contribution >= 4 is 16.8 Å². The van der Waals surface area contributed by atoms with Crippen molar-refractivity contribution in [2.75, 3.05) is 19.7 Å². The molecule has 3 heterocycles. The Bertz CT molecular complexity index is 1160. The van der Waals surface area contributed by atoms with E-state index >= 15 is 0 Å². The number of ether oxygens (including phenoxy) is 2. The van der Waals surface area contributed by atoms with Gasteiger partial charge in [-0.25, -0.2) is 0 Å². The van der Waals surface area contributed by atoms with Gasteiger partial charge < -0.3 is 14.4 Å². The van der Waals surface area contributed by atoms with Crippen molar-refractivity contribution in [3.63, 3.8) is 0 Å². The minimum atomic E-state index is -0.237. The first kappa shape index (κ1) is 20.5. The quantitative estimate of drug-likeness (QED) is 0.620. The minimum absolute atomic E-state index is 0.119. The monoisotopic (exact) mass is 427 g/mol. The lowest BCUT2D eigenvalue weighted by atomic mass is 10.0. The second-order valence-electron chi connectivity index (χ2n) is 8.41. The third-order valence-corrected chi connectivity index (χ3v) is 6.26. The van der Waals surface area contributed by atoms with Gasteiger partial charge in [-0.15, -0.1) is 0 Å². The molecular formula is C26H25N3O3. The van der Waals surface area contributed by atoms with E-state index in [1.54, 1.807) is 6.20 Å². The molecule has 2 saturated heterocycles. The molecule has 2 aromatic carbocycles. The molecule has 32 heavy (non-hydrogen) atoms. The lowest BCUT2D eigenvalue weighted by Crippen LogP contribution is -2.45. The van der Waals surface area contributed by atoms with Crippen LogP contribution in [0.2, 0.25) is 0 Å². The third-order valence-electron chi connectivity index (χ3n) is 6.26. The number of fused-ring (bicyclic) bond motifs is 1. The van der Waals surface area contributed by atoms with Crippen LogP contribution in [0.5, 0.6) is 5.75 Å². The van der Waals surface area contributed by atoms with E-state index in [1.165, 1.54) is 0 Å². The van der Waals surface area contributed by atoms with E-state index in [2.05, 4.69) is 23.2 Å². The summed E-state index contributed by atoms with van der Waals surface area (Å²) in [6, 6.07) is 18.1. The molecule has 0 saturated carbocycles. The molecule has 1 amide bonds. The average molecular weight is 428 g/mol. The Hall–Kier alpha value is -3.43. The number of carbonyl (C=O) groups is 1. The highest BCUT2D eigenvalue weighted by atomic mass is 16.5. The maximum atomic E-state index is 12.5. The van der Waals surface area contributed by atoms with E-state index in [1.807, 2.05) is 41.3 Å². The van der Waals surface area contributed by atoms with E-state index < -0.39 is 0 Å². The largest absolute Gasteiger partial charge is 0.490 e. The predicted molar refractivity (Wildman–Crippen MR) is 121 cm³/mol. The molecule has 1 unspecified atom stereocenters. The molecule has 2 fully saturated rings. The van der Waals surface area contributed by atoms with Gasteiger partial charge in [0.15, 0.2) is 0 Å². The standard InChI is InChI=1S/C26H25N3O3/c27-16-18-14-21-4-3-20(15-24(21)28-17-18)19-5-7-22(8-6-19)32-23-9-11-29(12-10-23)26(30)25-2-1-13-31-25/h3-8,14-15,17,23,25H,1-2,9-13H2. The second-order valence-corrected chi connectivity index (χ2v) is 8.41. The summed E-state index contributed by atoms with van der Waals surface area (Å²) in [4.78, 5) is 18.8. The fourth-order valence-electron chi connectivity index (χ4n) is 4.45. The molecule has 1 aromatic heterocycles. The maximum Gasteiger partial charge on any atom is 0.251 e. The first-order chi connectivity index (χ1) is 15.7. The molecule has 2 aliphatic heterocycles. The number of likely N-dealkylation sites (tertiary alicyclic amines) is 1. The number of hydrogen-bond donors (Lipinski definition) is 0. The van der Waals surface area contributed by atoms with Crippen molar-refractivity contribution in [2.24, 2.45) is 0 Å². The summed E-state index contributed by atoms with van der Waals surface area (Å²) in [6.07, 6.45) is 4.97. The summed E-state index contributed by atoms with van der Waals surface area (Å²) in [7, 11) is 0. The number of nitriles is 1. The van der Waals surface area contributed by atoms with Crippen LogP contribution in [0.25, 0.3) is 22.0 Å². The van der Waals surface area contributed by atoms with Gasteiger partial charge in [0.05, 0.1) is 11.1 Å². The van der Waals surface area contributed by atoms with Gasteiger partial charge >= 0.3 is 0 Å². The first-order valence-electron chi connectivity index (χ1n) is 11.2. The van der Waals surface area contributed by atoms with Crippen LogP contribution in [0.15, 0.2) is 54.7 Å². The number of pyridine rings is 1. The van der Waals surface area contributed by atoms with Crippen molar-refractivity contribution in [1.29, 1.82) is 5.26 Å². The van der Waals surface area contributed by atoms with Crippen molar-refractivity contribution in [3.05, 3.63) is 60.3 Å². The van der Waals surface area contributed by atoms with Crippen LogP contribution in [0.1, 0.15) is 31.2 Å². The van der Waals surface area contributed by atoms with Crippen LogP contribution in [-0.4, -0.2) is 47.7 Å². The normalized spacial score (nSPS) is 19.1. The summed E-state index contributed by atoms with van der Waals surface area (Å²) >= 11 is 0. The van der Waals surface area contributed by atoms with Crippen LogP contribution in [0.4, 0.5) is 0 Å². The van der Waals surface area contributed by atoms with E-state index in [9.17, 15) is 4.79 Å². The van der Waals surface area contributed by atoms with Gasteiger partial charge in [0.25, 0.3) is 5.91 Å². The van der Waals surface area contributed by atoms with Crippen molar-refractivity contribution in [1.82, 2.24) is 9.88 Å². The molecule has 162 valence electrons. The van der Waals surface area contributed by atoms with Gasteiger partial charge in [-0.2, -0.15) is 5.26 Å². The summed E-state index contributed by atoms with van der Waals surface area (Å²) in [5.41, 5.74) is 3.59. The molecule has 0 N–H and O–H groups in total. The summed E-state index contributed by atoms with van der Waals surface area (Å²) in [5.74, 6) is 0.981. The molecular weight excluding hydrogens is 402 g/mol. The zero-order chi connectivity index (χ0) is 21.9. The van der Waals surface area contributed by atoms with Crippen LogP contribution in [-0.2, 0) is 9.53 Å². The number of nitrogens with zero attached hydrogens (tertiary/aromatic N) is 3. The van der Waals surface area contributed by atoms with Gasteiger partial charge in [0.1, 0.15) is 24.0 Å².